The number of hydrogen-bond donors (Lipinski definition) is 1. The van der Waals surface area contributed by atoms with Crippen LogP contribution in [0.4, 0.5) is 27.6 Å². The summed E-state index contributed by atoms with van der Waals surface area (Å²) in [4.78, 5) is 15.0. The first-order chi connectivity index (χ1) is 19.9. The van der Waals surface area contributed by atoms with Gasteiger partial charge < -0.3 is 19.5 Å². The molecule has 0 bridgehead atoms. The molecule has 3 saturated carbocycles. The van der Waals surface area contributed by atoms with Crippen molar-refractivity contribution in [3.63, 3.8) is 0 Å². The zero-order valence-corrected chi connectivity index (χ0v) is 23.1. The molecule has 2 aromatic carbocycles. The molecule has 4 aliphatic rings. The summed E-state index contributed by atoms with van der Waals surface area (Å²) in [6, 6.07) is 9.70. The normalized spacial score (nSPS) is 29.4. The minimum absolute atomic E-state index is 0.0111. The summed E-state index contributed by atoms with van der Waals surface area (Å²) in [7, 11) is 3.51. The van der Waals surface area contributed by atoms with Crippen LogP contribution < -0.4 is 10.2 Å². The number of amides is 1. The van der Waals surface area contributed by atoms with Crippen LogP contribution in [0.3, 0.4) is 0 Å². The van der Waals surface area contributed by atoms with Crippen LogP contribution in [0.15, 0.2) is 42.7 Å². The molecule has 2 heterocycles. The highest BCUT2D eigenvalue weighted by Gasteiger charge is 2.75. The van der Waals surface area contributed by atoms with E-state index in [-0.39, 0.29) is 42.8 Å². The predicted octanol–water partition coefficient (Wildman–Crippen LogP) is 5.37. The molecule has 0 saturated heterocycles. The third-order valence-electron chi connectivity index (χ3n) is 9.82. The molecule has 3 aromatic rings. The van der Waals surface area contributed by atoms with E-state index in [1.807, 2.05) is 23.7 Å². The Morgan fingerprint density at radius 1 is 1.12 bits per heavy atom. The molecule has 222 valence electrons. The Morgan fingerprint density at radius 3 is 2.48 bits per heavy atom. The largest absolute Gasteiger partial charge is 0.416 e. The number of aryl methyl sites for hydroxylation is 1. The average Bonchev–Trinajstić information content (AvgIpc) is 3.14. The minimum atomic E-state index is -4.66. The van der Waals surface area contributed by atoms with Gasteiger partial charge in [0.2, 0.25) is 0 Å². The second-order valence-corrected chi connectivity index (χ2v) is 12.4. The van der Waals surface area contributed by atoms with Gasteiger partial charge >= 0.3 is 6.18 Å². The Labute approximate surface area is 239 Å². The molecule has 7 nitrogen and oxygen atoms in total. The molecular formula is C30H30F5N5O2. The number of carbonyl (C=O) groups is 1. The number of carbonyl (C=O) groups excluding carboxylic acids is 1. The number of aromatic nitrogens is 3. The highest BCUT2D eigenvalue weighted by molar-refractivity contribution is 6.10. The SMILES string of the molecule is COC1CC(c2cccc(N3Cc4c(cc(CNC5CC6(C5)CC6(F)F)cc4C(F)(F)F)C3=O)c2)(c2nncn2C)C1. The lowest BCUT2D eigenvalue weighted by Gasteiger charge is -2.46. The number of methoxy groups -OCH3 is 1. The van der Waals surface area contributed by atoms with Gasteiger partial charge in [-0.15, -0.1) is 10.2 Å². The third-order valence-corrected chi connectivity index (χ3v) is 9.82. The number of nitrogens with zero attached hydrogens (tertiary/aromatic N) is 4. The molecule has 0 radical (unpaired) electrons. The van der Waals surface area contributed by atoms with Crippen molar-refractivity contribution in [1.82, 2.24) is 20.1 Å². The van der Waals surface area contributed by atoms with Crippen molar-refractivity contribution in [1.29, 1.82) is 0 Å². The van der Waals surface area contributed by atoms with E-state index in [0.29, 0.717) is 36.9 Å². The smallest absolute Gasteiger partial charge is 0.381 e. The quantitative estimate of drug-likeness (QED) is 0.377. The van der Waals surface area contributed by atoms with Crippen LogP contribution >= 0.6 is 0 Å². The Hall–Kier alpha value is -3.38. The van der Waals surface area contributed by atoms with E-state index in [1.54, 1.807) is 25.6 Å². The lowest BCUT2D eigenvalue weighted by molar-refractivity contribution is -0.138. The van der Waals surface area contributed by atoms with Crippen LogP contribution in [0, 0.1) is 5.41 Å². The summed E-state index contributed by atoms with van der Waals surface area (Å²) in [6.07, 6.45) is -1.21. The summed E-state index contributed by atoms with van der Waals surface area (Å²) < 4.78 is 77.2. The molecular weight excluding hydrogens is 557 g/mol. The topological polar surface area (TPSA) is 72.3 Å². The summed E-state index contributed by atoms with van der Waals surface area (Å²) >= 11 is 0. The van der Waals surface area contributed by atoms with E-state index < -0.39 is 34.4 Å². The van der Waals surface area contributed by atoms with Crippen molar-refractivity contribution in [2.45, 2.75) is 74.9 Å². The number of rotatable bonds is 7. The van der Waals surface area contributed by atoms with E-state index in [4.69, 9.17) is 4.74 Å². The fraction of sp³-hybridized carbons (Fsp3) is 0.500. The number of halogens is 5. The zero-order chi connectivity index (χ0) is 29.7. The molecule has 3 aliphatic carbocycles. The van der Waals surface area contributed by atoms with Crippen molar-refractivity contribution in [3.05, 3.63) is 76.4 Å². The maximum atomic E-state index is 14.2. The first-order valence-corrected chi connectivity index (χ1v) is 14.0. The Balaban J connectivity index is 1.16. The van der Waals surface area contributed by atoms with Gasteiger partial charge in [0.05, 0.1) is 23.6 Å². The van der Waals surface area contributed by atoms with Crippen LogP contribution in [0.1, 0.15) is 70.5 Å². The summed E-state index contributed by atoms with van der Waals surface area (Å²) in [5.74, 6) is -2.39. The fourth-order valence-electron chi connectivity index (χ4n) is 7.27. The summed E-state index contributed by atoms with van der Waals surface area (Å²) in [5, 5.41) is 11.5. The Bertz CT molecular complexity index is 1570. The standard InChI is InChI=1S/C30H30F5N5O2/c1-39-16-37-38-26(39)28(11-21(12-28)42-2)18-4-3-5-20(8-18)40-14-23-22(25(40)41)6-17(7-24(23)30(33,34)35)13-36-19-9-27(10-19)15-29(27,31)32/h3-8,16,19,21,36H,9-15H2,1-2H3. The number of fused-ring (bicyclic) bond motifs is 1. The van der Waals surface area contributed by atoms with Gasteiger partial charge in [-0.25, -0.2) is 8.78 Å². The molecule has 0 atom stereocenters. The van der Waals surface area contributed by atoms with Crippen LogP contribution in [0.25, 0.3) is 0 Å². The second-order valence-electron chi connectivity index (χ2n) is 12.4. The summed E-state index contributed by atoms with van der Waals surface area (Å²) in [5.41, 5.74) is -0.652. The molecule has 42 heavy (non-hydrogen) atoms. The van der Waals surface area contributed by atoms with Gasteiger partial charge in [-0.1, -0.05) is 12.1 Å². The van der Waals surface area contributed by atoms with Crippen molar-refractivity contribution in [3.8, 4) is 0 Å². The van der Waals surface area contributed by atoms with Gasteiger partial charge in [-0.2, -0.15) is 13.2 Å². The average molecular weight is 588 g/mol. The Kier molecular flexibility index (Phi) is 5.92. The van der Waals surface area contributed by atoms with Gasteiger partial charge in [-0.05, 0) is 66.6 Å². The van der Waals surface area contributed by atoms with E-state index in [1.165, 1.54) is 11.0 Å². The van der Waals surface area contributed by atoms with E-state index in [0.717, 1.165) is 17.5 Å². The maximum absolute atomic E-state index is 14.2. The number of anilines is 1. The van der Waals surface area contributed by atoms with Crippen LogP contribution in [-0.4, -0.2) is 45.8 Å². The molecule has 12 heteroatoms. The van der Waals surface area contributed by atoms with Crippen molar-refractivity contribution < 1.29 is 31.5 Å². The highest BCUT2D eigenvalue weighted by Crippen LogP contribution is 2.71. The van der Waals surface area contributed by atoms with E-state index in [2.05, 4.69) is 15.5 Å². The predicted molar refractivity (Wildman–Crippen MR) is 142 cm³/mol. The van der Waals surface area contributed by atoms with Gasteiger partial charge in [0.15, 0.2) is 0 Å². The van der Waals surface area contributed by atoms with E-state index >= 15 is 0 Å². The molecule has 0 unspecified atom stereocenters. The van der Waals surface area contributed by atoms with Crippen LogP contribution in [0.5, 0.6) is 0 Å². The first-order valence-electron chi connectivity index (χ1n) is 14.0. The minimum Gasteiger partial charge on any atom is -0.381 e. The molecule has 1 aromatic heterocycles. The molecule has 1 N–H and O–H groups in total. The monoisotopic (exact) mass is 587 g/mol. The number of ether oxygens (including phenoxy) is 1. The third kappa shape index (κ3) is 4.09. The maximum Gasteiger partial charge on any atom is 0.416 e. The fourth-order valence-corrected chi connectivity index (χ4v) is 7.27. The number of hydrogen-bond acceptors (Lipinski definition) is 5. The van der Waals surface area contributed by atoms with E-state index in [9.17, 15) is 26.7 Å². The molecule has 7 rings (SSSR count). The summed E-state index contributed by atoms with van der Waals surface area (Å²) in [6.45, 7) is -0.148. The second kappa shape index (κ2) is 9.06. The molecule has 1 amide bonds. The number of benzene rings is 2. The molecule has 1 spiro atoms. The van der Waals surface area contributed by atoms with Crippen LogP contribution in [0.2, 0.25) is 0 Å². The van der Waals surface area contributed by atoms with Crippen LogP contribution in [-0.2, 0) is 36.5 Å². The van der Waals surface area contributed by atoms with Crippen molar-refractivity contribution >= 4 is 11.6 Å². The highest BCUT2D eigenvalue weighted by atomic mass is 19.4. The molecule has 1 aliphatic heterocycles. The lowest BCUT2D eigenvalue weighted by Crippen LogP contribution is -2.48. The lowest BCUT2D eigenvalue weighted by atomic mass is 9.62. The van der Waals surface area contributed by atoms with Gasteiger partial charge in [-0.3, -0.25) is 4.79 Å². The van der Waals surface area contributed by atoms with Gasteiger partial charge in [0, 0.05) is 49.8 Å². The Morgan fingerprint density at radius 2 is 1.86 bits per heavy atom. The molecule has 3 fully saturated rings. The van der Waals surface area contributed by atoms with Crippen molar-refractivity contribution in [2.24, 2.45) is 12.5 Å². The van der Waals surface area contributed by atoms with Gasteiger partial charge in [0.25, 0.3) is 11.8 Å². The van der Waals surface area contributed by atoms with Crippen molar-refractivity contribution in [2.75, 3.05) is 12.0 Å². The number of alkyl halides is 5. The number of nitrogens with one attached hydrogen (secondary N) is 1. The first kappa shape index (κ1) is 27.5. The zero-order valence-electron chi connectivity index (χ0n) is 23.1. The van der Waals surface area contributed by atoms with Gasteiger partial charge in [0.1, 0.15) is 12.2 Å².